The third-order valence-corrected chi connectivity index (χ3v) is 7.59. The summed E-state index contributed by atoms with van der Waals surface area (Å²) < 4.78 is 43.7. The molecule has 0 radical (unpaired) electrons. The van der Waals surface area contributed by atoms with Crippen molar-refractivity contribution in [2.45, 2.75) is 32.6 Å². The van der Waals surface area contributed by atoms with Crippen LogP contribution in [0.25, 0.3) is 0 Å². The molecule has 0 unspecified atom stereocenters. The van der Waals surface area contributed by atoms with Gasteiger partial charge in [0.05, 0.1) is 23.0 Å². The summed E-state index contributed by atoms with van der Waals surface area (Å²) in [6.07, 6.45) is 2.61. The first-order valence-corrected chi connectivity index (χ1v) is 14.8. The lowest BCUT2D eigenvalue weighted by Crippen LogP contribution is -2.44. The van der Waals surface area contributed by atoms with Crippen LogP contribution in [0.2, 0.25) is 0 Å². The van der Waals surface area contributed by atoms with Gasteiger partial charge in [-0.2, -0.15) is 18.3 Å². The number of rotatable bonds is 9. The molecule has 0 aliphatic carbocycles. The fourth-order valence-electron chi connectivity index (χ4n) is 4.91. The Balaban J connectivity index is 1.25. The fourth-order valence-corrected chi connectivity index (χ4v) is 4.91. The van der Waals surface area contributed by atoms with E-state index in [0.29, 0.717) is 48.8 Å². The Labute approximate surface area is 265 Å². The van der Waals surface area contributed by atoms with Crippen LogP contribution in [0.5, 0.6) is 0 Å². The van der Waals surface area contributed by atoms with Crippen LogP contribution < -0.4 is 10.6 Å². The van der Waals surface area contributed by atoms with Crippen molar-refractivity contribution < 1.29 is 23.1 Å². The first-order chi connectivity index (χ1) is 22.1. The third kappa shape index (κ3) is 8.69. The highest BCUT2D eigenvalue weighted by molar-refractivity contribution is 6.04. The number of benzene rings is 2. The molecule has 46 heavy (non-hydrogen) atoms. The number of aliphatic hydroxyl groups excluding tert-OH is 1. The molecule has 1 fully saturated rings. The van der Waals surface area contributed by atoms with E-state index in [2.05, 4.69) is 42.4 Å². The fraction of sp³-hybridized carbons (Fsp3) is 0.333. The molecule has 3 N–H and O–H groups in total. The van der Waals surface area contributed by atoms with E-state index in [0.717, 1.165) is 24.7 Å². The van der Waals surface area contributed by atoms with E-state index >= 15 is 0 Å². The molecule has 4 aromatic rings. The van der Waals surface area contributed by atoms with Crippen LogP contribution in [0.3, 0.4) is 0 Å². The second-order valence-corrected chi connectivity index (χ2v) is 11.2. The zero-order chi connectivity index (χ0) is 32.7. The Bertz CT molecular complexity index is 1720. The minimum absolute atomic E-state index is 0.0658. The summed E-state index contributed by atoms with van der Waals surface area (Å²) in [5.74, 6) is 5.86. The second-order valence-electron chi connectivity index (χ2n) is 11.2. The number of hydrogen-bond donors (Lipinski definition) is 3. The van der Waals surface area contributed by atoms with Gasteiger partial charge in [0.2, 0.25) is 5.95 Å². The molecule has 2 aromatic heterocycles. The first kappa shape index (κ1) is 32.6. The van der Waals surface area contributed by atoms with E-state index in [9.17, 15) is 18.0 Å². The number of carbonyl (C=O) groups is 1. The Morgan fingerprint density at radius 2 is 1.76 bits per heavy atom. The van der Waals surface area contributed by atoms with Gasteiger partial charge in [0, 0.05) is 81.3 Å². The maximum atomic E-state index is 14.0. The molecule has 1 aliphatic rings. The molecule has 1 amide bonds. The largest absolute Gasteiger partial charge is 0.416 e. The molecule has 0 atom stereocenters. The molecule has 0 bridgehead atoms. The number of piperazine rings is 1. The molecule has 0 spiro atoms. The molecular weight excluding hydrogens is 597 g/mol. The molecule has 2 aromatic carbocycles. The van der Waals surface area contributed by atoms with E-state index in [1.165, 1.54) is 12.1 Å². The molecule has 240 valence electrons. The second kappa shape index (κ2) is 14.6. The van der Waals surface area contributed by atoms with E-state index < -0.39 is 17.6 Å². The quantitative estimate of drug-likeness (QED) is 0.231. The predicted octanol–water partition coefficient (Wildman–Crippen LogP) is 4.53. The maximum absolute atomic E-state index is 14.0. The van der Waals surface area contributed by atoms with Crippen LogP contribution in [0.1, 0.15) is 44.6 Å². The van der Waals surface area contributed by atoms with Gasteiger partial charge in [0.15, 0.2) is 0 Å². The van der Waals surface area contributed by atoms with Gasteiger partial charge < -0.3 is 20.6 Å². The van der Waals surface area contributed by atoms with Crippen molar-refractivity contribution >= 4 is 23.2 Å². The molecule has 1 saturated heterocycles. The van der Waals surface area contributed by atoms with Crippen LogP contribution in [0.4, 0.5) is 30.5 Å². The van der Waals surface area contributed by atoms with Gasteiger partial charge in [-0.25, -0.2) is 9.97 Å². The number of nitrogens with one attached hydrogen (secondary N) is 2. The number of amides is 1. The monoisotopic (exact) mass is 632 g/mol. The van der Waals surface area contributed by atoms with E-state index in [4.69, 9.17) is 5.11 Å². The standard InChI is InChI=1S/C33H35F3N8O2/c1-23-4-6-26(16-25(23)7-5-24-18-37-32(38-19-24)41-29-20-39-44(22-29)10-3-15-45)31(46)40-28-9-8-27(30(17-28)33(34,35)36)21-43-13-11-42(2)12-14-43/h4,6,8-9,16-20,22,45H,3,10-15,21H2,1-2H3,(H,40,46)(H,37,38,41). The summed E-state index contributed by atoms with van der Waals surface area (Å²) in [6.45, 7) is 5.73. The molecule has 10 nitrogen and oxygen atoms in total. The normalized spacial score (nSPS) is 14.0. The zero-order valence-electron chi connectivity index (χ0n) is 25.6. The Morgan fingerprint density at radius 3 is 2.48 bits per heavy atom. The van der Waals surface area contributed by atoms with Gasteiger partial charge >= 0.3 is 6.18 Å². The molecule has 0 saturated carbocycles. The molecular formula is C33H35F3N8O2. The van der Waals surface area contributed by atoms with Gasteiger partial charge in [0.1, 0.15) is 0 Å². The molecule has 13 heteroatoms. The Morgan fingerprint density at radius 1 is 1.00 bits per heavy atom. The van der Waals surface area contributed by atoms with Crippen molar-refractivity contribution in [3.8, 4) is 11.8 Å². The third-order valence-electron chi connectivity index (χ3n) is 7.59. The van der Waals surface area contributed by atoms with Gasteiger partial charge in [-0.1, -0.05) is 24.0 Å². The number of likely N-dealkylation sites (N-methyl/N-ethyl adjacent to an activating group) is 1. The molecule has 5 rings (SSSR count). The predicted molar refractivity (Wildman–Crippen MR) is 169 cm³/mol. The number of carbonyl (C=O) groups excluding carboxylic acids is 1. The van der Waals surface area contributed by atoms with E-state index in [-0.39, 0.29) is 30.0 Å². The number of aromatic nitrogens is 4. The van der Waals surface area contributed by atoms with Crippen molar-refractivity contribution in [1.82, 2.24) is 29.5 Å². The maximum Gasteiger partial charge on any atom is 0.416 e. The van der Waals surface area contributed by atoms with Crippen LogP contribution in [0, 0.1) is 18.8 Å². The average Bonchev–Trinajstić information content (AvgIpc) is 3.48. The minimum Gasteiger partial charge on any atom is -0.396 e. The lowest BCUT2D eigenvalue weighted by molar-refractivity contribution is -0.138. The van der Waals surface area contributed by atoms with Gasteiger partial charge in [-0.3, -0.25) is 14.4 Å². The summed E-state index contributed by atoms with van der Waals surface area (Å²) >= 11 is 0. The van der Waals surface area contributed by atoms with Crippen LogP contribution in [-0.4, -0.2) is 80.4 Å². The Hall–Kier alpha value is -4.77. The summed E-state index contributed by atoms with van der Waals surface area (Å²) in [4.78, 5) is 25.8. The number of halogens is 3. The number of aliphatic hydroxyl groups is 1. The number of anilines is 3. The van der Waals surface area contributed by atoms with E-state index in [1.807, 2.05) is 18.9 Å². The van der Waals surface area contributed by atoms with Crippen molar-refractivity contribution in [2.75, 3.05) is 50.5 Å². The molecule has 3 heterocycles. The number of nitrogens with zero attached hydrogens (tertiary/aromatic N) is 6. The average molecular weight is 633 g/mol. The summed E-state index contributed by atoms with van der Waals surface area (Å²) in [7, 11) is 1.99. The minimum atomic E-state index is -4.56. The van der Waals surface area contributed by atoms with Crippen molar-refractivity contribution in [1.29, 1.82) is 0 Å². The zero-order valence-corrected chi connectivity index (χ0v) is 25.6. The van der Waals surface area contributed by atoms with Crippen LogP contribution >= 0.6 is 0 Å². The number of aryl methyl sites for hydroxylation is 2. The van der Waals surface area contributed by atoms with Crippen molar-refractivity contribution in [2.24, 2.45) is 0 Å². The van der Waals surface area contributed by atoms with Crippen molar-refractivity contribution in [3.63, 3.8) is 0 Å². The van der Waals surface area contributed by atoms with E-state index in [1.54, 1.807) is 47.7 Å². The van der Waals surface area contributed by atoms with Crippen LogP contribution in [0.15, 0.2) is 61.2 Å². The SMILES string of the molecule is Cc1ccc(C(=O)Nc2ccc(CN3CCN(C)CC3)c(C(F)(F)F)c2)cc1C#Cc1cnc(Nc2cnn(CCCO)c2)nc1. The smallest absolute Gasteiger partial charge is 0.396 e. The highest BCUT2D eigenvalue weighted by atomic mass is 19.4. The highest BCUT2D eigenvalue weighted by Gasteiger charge is 2.34. The lowest BCUT2D eigenvalue weighted by Gasteiger charge is -2.33. The topological polar surface area (TPSA) is 111 Å². The Kier molecular flexibility index (Phi) is 10.3. The van der Waals surface area contributed by atoms with Gasteiger partial charge in [0.25, 0.3) is 5.91 Å². The lowest BCUT2D eigenvalue weighted by atomic mass is 10.0. The summed E-state index contributed by atoms with van der Waals surface area (Å²) in [5.41, 5.74) is 2.43. The van der Waals surface area contributed by atoms with Crippen LogP contribution in [-0.2, 0) is 19.3 Å². The van der Waals surface area contributed by atoms with Crippen molar-refractivity contribution in [3.05, 3.63) is 94.6 Å². The van der Waals surface area contributed by atoms with Gasteiger partial charge in [-0.15, -0.1) is 0 Å². The van der Waals surface area contributed by atoms with Gasteiger partial charge in [-0.05, 0) is 55.8 Å². The number of hydrogen-bond acceptors (Lipinski definition) is 8. The summed E-state index contributed by atoms with van der Waals surface area (Å²) in [5, 5.41) is 18.8. The number of alkyl halides is 3. The first-order valence-electron chi connectivity index (χ1n) is 14.8. The highest BCUT2D eigenvalue weighted by Crippen LogP contribution is 2.34. The molecule has 1 aliphatic heterocycles. The summed E-state index contributed by atoms with van der Waals surface area (Å²) in [6, 6.07) is 8.91.